The number of hydrogen-bond acceptors (Lipinski definition) is 0. The zero-order valence-corrected chi connectivity index (χ0v) is 7.29. The van der Waals surface area contributed by atoms with Crippen molar-refractivity contribution in [3.63, 3.8) is 0 Å². The van der Waals surface area contributed by atoms with Gasteiger partial charge in [0.2, 0.25) is 0 Å². The molecule has 0 heterocycles. The summed E-state index contributed by atoms with van der Waals surface area (Å²) < 4.78 is 0. The summed E-state index contributed by atoms with van der Waals surface area (Å²) in [4.78, 5) is 0. The molecular weight excluding hydrogens is 216 g/mol. The summed E-state index contributed by atoms with van der Waals surface area (Å²) in [6.45, 7) is 0. The van der Waals surface area contributed by atoms with E-state index in [0.29, 0.717) is 0 Å². The van der Waals surface area contributed by atoms with Crippen molar-refractivity contribution in [3.8, 4) is 0 Å². The van der Waals surface area contributed by atoms with Gasteiger partial charge in [0, 0.05) is 0 Å². The van der Waals surface area contributed by atoms with Crippen molar-refractivity contribution in [2.75, 3.05) is 0 Å². The van der Waals surface area contributed by atoms with Gasteiger partial charge in [0.1, 0.15) is 0 Å². The fraction of sp³-hybridized carbons (Fsp3) is 0. The predicted octanol–water partition coefficient (Wildman–Crippen LogP) is -0.245. The molecule has 0 fully saturated rings. The first-order chi connectivity index (χ1) is 0. The summed E-state index contributed by atoms with van der Waals surface area (Å²) >= 11 is 0. The van der Waals surface area contributed by atoms with Gasteiger partial charge >= 0.3 is 53.6 Å². The fourth-order valence-corrected chi connectivity index (χ4v) is 0. The minimum atomic E-state index is 0. The summed E-state index contributed by atoms with van der Waals surface area (Å²) in [5.74, 6) is 0. The topological polar surface area (TPSA) is 57.0 Å². The molecule has 2 nitrogen and oxygen atoms in total. The third kappa shape index (κ3) is 28.6. The van der Waals surface area contributed by atoms with Gasteiger partial charge in [-0.2, -0.15) is 0 Å². The molecule has 0 bridgehead atoms. The Hall–Kier alpha value is 1.58. The van der Waals surface area contributed by atoms with Crippen molar-refractivity contribution in [1.29, 1.82) is 0 Å². The van der Waals surface area contributed by atoms with Gasteiger partial charge in [0.25, 0.3) is 0 Å². The smallest absolute Gasteiger partial charge is 2.00 e. The van der Waals surface area contributed by atoms with Crippen LogP contribution in [0.2, 0.25) is 0 Å². The van der Waals surface area contributed by atoms with Crippen LogP contribution in [0.4, 0.5) is 0 Å². The van der Waals surface area contributed by atoms with Gasteiger partial charge in [-0.25, -0.2) is 0 Å². The molecule has 0 aliphatic carbocycles. The van der Waals surface area contributed by atoms with Gasteiger partial charge in [-0.1, -0.05) is 0 Å². The van der Waals surface area contributed by atoms with Crippen LogP contribution >= 0.6 is 0 Å². The van der Waals surface area contributed by atoms with Crippen LogP contribution in [0.5, 0.6) is 0 Å². The first kappa shape index (κ1) is 81.9. The molecule has 0 atom stereocenters. The minimum absolute atomic E-state index is 0. The van der Waals surface area contributed by atoms with Gasteiger partial charge in [-0.05, 0) is 0 Å². The Balaban J connectivity index is 0. The van der Waals surface area contributed by atoms with Gasteiger partial charge in [-0.15, -0.1) is 0 Å². The molecule has 5 heteroatoms. The van der Waals surface area contributed by atoms with Crippen LogP contribution in [0.3, 0.4) is 0 Å². The molecule has 0 N–H and O–H groups in total. The Kier molecular flexibility index (Phi) is 767. The zero-order chi connectivity index (χ0) is 0. The zero-order valence-electron chi connectivity index (χ0n) is 2.20. The van der Waals surface area contributed by atoms with E-state index in [4.69, 9.17) is 0 Å². The molecular formula is CuMnO2Zn+2. The molecule has 0 aromatic rings. The molecule has 0 saturated heterocycles. The van der Waals surface area contributed by atoms with Crippen LogP contribution in [-0.2, 0) is 64.6 Å². The van der Waals surface area contributed by atoms with Crippen molar-refractivity contribution in [3.05, 3.63) is 0 Å². The largest absolute Gasteiger partial charge is 2.00 e. The Morgan fingerprint density at radius 1 is 0.800 bits per heavy atom. The summed E-state index contributed by atoms with van der Waals surface area (Å²) in [5, 5.41) is 0. The van der Waals surface area contributed by atoms with E-state index in [1.165, 1.54) is 0 Å². The van der Waals surface area contributed by atoms with Crippen molar-refractivity contribution >= 4 is 0 Å². The third-order valence-corrected chi connectivity index (χ3v) is 0. The van der Waals surface area contributed by atoms with Gasteiger partial charge in [0.05, 0.1) is 0 Å². The van der Waals surface area contributed by atoms with E-state index in [2.05, 4.69) is 0 Å². The van der Waals surface area contributed by atoms with E-state index in [1.807, 2.05) is 0 Å². The number of hydrogen-bond donors (Lipinski definition) is 0. The van der Waals surface area contributed by atoms with Crippen molar-refractivity contribution in [2.24, 2.45) is 0 Å². The monoisotopic (exact) mass is 214 g/mol. The molecule has 0 rings (SSSR count). The summed E-state index contributed by atoms with van der Waals surface area (Å²) in [5.41, 5.74) is 0. The number of rotatable bonds is 0. The van der Waals surface area contributed by atoms with E-state index in [9.17, 15) is 0 Å². The van der Waals surface area contributed by atoms with E-state index in [-0.39, 0.29) is 64.6 Å². The average Bonchev–Trinajstić information content (AvgIpc) is 0. The molecule has 30 valence electrons. The fourth-order valence-electron chi connectivity index (χ4n) is 0. The molecule has 0 aliphatic rings. The average molecular weight is 216 g/mol. The maximum atomic E-state index is 0. The summed E-state index contributed by atoms with van der Waals surface area (Å²) in [7, 11) is 0. The van der Waals surface area contributed by atoms with E-state index in [0.717, 1.165) is 0 Å². The second-order valence-electron chi connectivity index (χ2n) is 0. The second-order valence-corrected chi connectivity index (χ2v) is 0. The Morgan fingerprint density at radius 2 is 0.800 bits per heavy atom. The van der Waals surface area contributed by atoms with Crippen LogP contribution < -0.4 is 0 Å². The molecule has 0 spiro atoms. The Bertz CT molecular complexity index is 9.61. The molecule has 0 amide bonds. The van der Waals surface area contributed by atoms with Crippen LogP contribution in [0.15, 0.2) is 0 Å². The normalized spacial score (nSPS) is 0. The SMILES string of the molecule is [Cu+2].[Mn+2].[O-2].[O-2].[Zn+2]. The van der Waals surface area contributed by atoms with Crippen LogP contribution in [0.1, 0.15) is 0 Å². The third-order valence-electron chi connectivity index (χ3n) is 0. The van der Waals surface area contributed by atoms with Gasteiger partial charge in [-0.3, -0.25) is 0 Å². The van der Waals surface area contributed by atoms with E-state index < -0.39 is 0 Å². The van der Waals surface area contributed by atoms with Crippen molar-refractivity contribution in [1.82, 2.24) is 0 Å². The Morgan fingerprint density at radius 3 is 0.800 bits per heavy atom. The molecule has 0 saturated carbocycles. The Labute approximate surface area is 64.4 Å². The predicted molar refractivity (Wildman–Crippen MR) is 1.37 cm³/mol. The quantitative estimate of drug-likeness (QED) is 0.501. The second kappa shape index (κ2) is 46.8. The summed E-state index contributed by atoms with van der Waals surface area (Å²) in [6.07, 6.45) is 0. The first-order valence-corrected chi connectivity index (χ1v) is 0. The summed E-state index contributed by atoms with van der Waals surface area (Å²) in [6, 6.07) is 0. The van der Waals surface area contributed by atoms with Crippen LogP contribution in [-0.4, -0.2) is 0 Å². The van der Waals surface area contributed by atoms with Gasteiger partial charge in [0.15, 0.2) is 0 Å². The molecule has 5 heavy (non-hydrogen) atoms. The van der Waals surface area contributed by atoms with Gasteiger partial charge < -0.3 is 11.0 Å². The van der Waals surface area contributed by atoms with Crippen molar-refractivity contribution < 1.29 is 64.6 Å². The first-order valence-electron chi connectivity index (χ1n) is 0. The van der Waals surface area contributed by atoms with Crippen LogP contribution in [0, 0.1) is 0 Å². The van der Waals surface area contributed by atoms with E-state index in [1.54, 1.807) is 0 Å². The standard InChI is InChI=1S/Cu.Mn.2O.Zn/q2*+2;2*-2;+2. The van der Waals surface area contributed by atoms with E-state index >= 15 is 0 Å². The van der Waals surface area contributed by atoms with Crippen molar-refractivity contribution in [2.45, 2.75) is 0 Å². The molecule has 0 aromatic heterocycles. The van der Waals surface area contributed by atoms with Crippen LogP contribution in [0.25, 0.3) is 0 Å². The molecule has 2 radical (unpaired) electrons. The maximum Gasteiger partial charge on any atom is 2.00 e. The molecule has 0 aromatic carbocycles. The maximum absolute atomic E-state index is 0. The molecule has 0 aliphatic heterocycles. The minimum Gasteiger partial charge on any atom is -2.00 e. The molecule has 0 unspecified atom stereocenters.